The van der Waals surface area contributed by atoms with E-state index < -0.39 is 15.8 Å². The van der Waals surface area contributed by atoms with E-state index in [2.05, 4.69) is 15.4 Å². The number of sulfonamides is 1. The second-order valence-electron chi connectivity index (χ2n) is 6.61. The molecule has 0 spiro atoms. The number of carbonyl (C=O) groups excluding carboxylic acids is 1. The first kappa shape index (κ1) is 22.1. The Morgan fingerprint density at radius 2 is 1.89 bits per heavy atom. The standard InChI is InChI=1S/C19H22FN3O3S.ClH/c1-13-11-15(20)6-9-18(13)27(25,26)23-16-7-4-14(5-8-16)19(24)22-17-3-2-10-21-12-17;/h4-9,11,17,21,23H,2-3,10,12H2,1H3,(H,22,24);1H/t17-;/m0./s1. The van der Waals surface area contributed by atoms with E-state index in [0.717, 1.165) is 32.0 Å². The molecule has 3 N–H and O–H groups in total. The summed E-state index contributed by atoms with van der Waals surface area (Å²) in [6.45, 7) is 3.25. The van der Waals surface area contributed by atoms with Crippen LogP contribution in [0.4, 0.5) is 10.1 Å². The molecule has 1 amide bonds. The van der Waals surface area contributed by atoms with Gasteiger partial charge in [-0.1, -0.05) is 0 Å². The van der Waals surface area contributed by atoms with Crippen LogP contribution < -0.4 is 15.4 Å². The van der Waals surface area contributed by atoms with Crippen LogP contribution in [0, 0.1) is 12.7 Å². The number of amides is 1. The van der Waals surface area contributed by atoms with Crippen LogP contribution in [0.1, 0.15) is 28.8 Å². The maximum atomic E-state index is 13.2. The highest BCUT2D eigenvalue weighted by atomic mass is 35.5. The van der Waals surface area contributed by atoms with E-state index in [4.69, 9.17) is 0 Å². The Kier molecular flexibility index (Phi) is 7.40. The molecule has 2 aromatic carbocycles. The summed E-state index contributed by atoms with van der Waals surface area (Å²) in [5.41, 5.74) is 1.11. The van der Waals surface area contributed by atoms with Gasteiger partial charge in [0.05, 0.1) is 4.90 Å². The fourth-order valence-electron chi connectivity index (χ4n) is 3.06. The van der Waals surface area contributed by atoms with Crippen molar-refractivity contribution < 1.29 is 17.6 Å². The molecule has 3 rings (SSSR count). The molecule has 2 aromatic rings. The molecular weight excluding hydrogens is 405 g/mol. The Balaban J connectivity index is 0.00000280. The van der Waals surface area contributed by atoms with Crippen LogP contribution in [0.25, 0.3) is 0 Å². The third kappa shape index (κ3) is 5.43. The topological polar surface area (TPSA) is 87.3 Å². The van der Waals surface area contributed by atoms with Crippen molar-refractivity contribution in [2.45, 2.75) is 30.7 Å². The Hall–Kier alpha value is -2.16. The van der Waals surface area contributed by atoms with Gasteiger partial charge in [0.25, 0.3) is 15.9 Å². The molecule has 0 aromatic heterocycles. The number of carbonyl (C=O) groups is 1. The summed E-state index contributed by atoms with van der Waals surface area (Å²) in [7, 11) is -3.84. The number of anilines is 1. The predicted octanol–water partition coefficient (Wildman–Crippen LogP) is 2.84. The zero-order valence-corrected chi connectivity index (χ0v) is 17.0. The summed E-state index contributed by atoms with van der Waals surface area (Å²) in [6, 6.07) is 9.81. The van der Waals surface area contributed by atoms with Crippen LogP contribution in [0.15, 0.2) is 47.4 Å². The highest BCUT2D eigenvalue weighted by Gasteiger charge is 2.19. The summed E-state index contributed by atoms with van der Waals surface area (Å²) < 4.78 is 40.6. The van der Waals surface area contributed by atoms with E-state index in [9.17, 15) is 17.6 Å². The maximum Gasteiger partial charge on any atom is 0.262 e. The molecule has 1 heterocycles. The molecule has 0 aliphatic carbocycles. The third-order valence-corrected chi connectivity index (χ3v) is 6.00. The van der Waals surface area contributed by atoms with Gasteiger partial charge in [-0.05, 0) is 74.3 Å². The quantitative estimate of drug-likeness (QED) is 0.684. The maximum absolute atomic E-state index is 13.2. The molecule has 28 heavy (non-hydrogen) atoms. The SMILES string of the molecule is Cc1cc(F)ccc1S(=O)(=O)Nc1ccc(C(=O)N[C@H]2CCCNC2)cc1.Cl. The van der Waals surface area contributed by atoms with Crippen LogP contribution in [0.5, 0.6) is 0 Å². The van der Waals surface area contributed by atoms with Gasteiger partial charge < -0.3 is 10.6 Å². The average molecular weight is 428 g/mol. The summed E-state index contributed by atoms with van der Waals surface area (Å²) in [5, 5.41) is 6.20. The second kappa shape index (κ2) is 9.36. The van der Waals surface area contributed by atoms with Crippen molar-refractivity contribution in [1.29, 1.82) is 0 Å². The van der Waals surface area contributed by atoms with E-state index in [-0.39, 0.29) is 29.3 Å². The van der Waals surface area contributed by atoms with Gasteiger partial charge in [-0.2, -0.15) is 0 Å². The van der Waals surface area contributed by atoms with Gasteiger partial charge >= 0.3 is 0 Å². The number of aryl methyl sites for hydroxylation is 1. The zero-order chi connectivity index (χ0) is 19.4. The molecular formula is C19H23ClFN3O3S. The molecule has 1 aliphatic rings. The number of halogens is 2. The Morgan fingerprint density at radius 3 is 2.50 bits per heavy atom. The van der Waals surface area contributed by atoms with Gasteiger partial charge in [0.15, 0.2) is 0 Å². The third-order valence-electron chi connectivity index (χ3n) is 4.46. The molecule has 0 saturated carbocycles. The van der Waals surface area contributed by atoms with Crippen LogP contribution in [-0.2, 0) is 10.0 Å². The zero-order valence-electron chi connectivity index (χ0n) is 15.4. The van der Waals surface area contributed by atoms with E-state index in [1.807, 2.05) is 0 Å². The van der Waals surface area contributed by atoms with Crippen LogP contribution in [-0.4, -0.2) is 33.5 Å². The van der Waals surface area contributed by atoms with Crippen LogP contribution in [0.2, 0.25) is 0 Å². The lowest BCUT2D eigenvalue weighted by Gasteiger charge is -2.23. The first-order valence-corrected chi connectivity index (χ1v) is 10.2. The largest absolute Gasteiger partial charge is 0.348 e. The van der Waals surface area contributed by atoms with Gasteiger partial charge in [0.1, 0.15) is 5.82 Å². The van der Waals surface area contributed by atoms with Crippen LogP contribution >= 0.6 is 12.4 Å². The van der Waals surface area contributed by atoms with E-state index in [1.165, 1.54) is 31.2 Å². The molecule has 1 saturated heterocycles. The van der Waals surface area contributed by atoms with E-state index in [0.29, 0.717) is 16.8 Å². The Labute approximate surface area is 170 Å². The van der Waals surface area contributed by atoms with Crippen LogP contribution in [0.3, 0.4) is 0 Å². The summed E-state index contributed by atoms with van der Waals surface area (Å²) in [4.78, 5) is 12.3. The Morgan fingerprint density at radius 1 is 1.18 bits per heavy atom. The van der Waals surface area contributed by atoms with Crippen molar-refractivity contribution in [3.8, 4) is 0 Å². The minimum absolute atomic E-state index is 0. The first-order chi connectivity index (χ1) is 12.8. The van der Waals surface area contributed by atoms with Gasteiger partial charge in [-0.15, -0.1) is 12.4 Å². The van der Waals surface area contributed by atoms with Crippen molar-refractivity contribution in [2.75, 3.05) is 17.8 Å². The fraction of sp³-hybridized carbons (Fsp3) is 0.316. The molecule has 0 unspecified atom stereocenters. The first-order valence-electron chi connectivity index (χ1n) is 8.76. The molecule has 6 nitrogen and oxygen atoms in total. The van der Waals surface area contributed by atoms with Gasteiger partial charge in [0, 0.05) is 23.8 Å². The second-order valence-corrected chi connectivity index (χ2v) is 8.26. The minimum atomic E-state index is -3.84. The highest BCUT2D eigenvalue weighted by molar-refractivity contribution is 7.92. The minimum Gasteiger partial charge on any atom is -0.348 e. The fourth-order valence-corrected chi connectivity index (χ4v) is 4.34. The lowest BCUT2D eigenvalue weighted by atomic mass is 10.1. The summed E-state index contributed by atoms with van der Waals surface area (Å²) in [5.74, 6) is -0.678. The van der Waals surface area contributed by atoms with E-state index >= 15 is 0 Å². The number of nitrogens with one attached hydrogen (secondary N) is 3. The lowest BCUT2D eigenvalue weighted by molar-refractivity contribution is 0.0930. The number of hydrogen-bond donors (Lipinski definition) is 3. The smallest absolute Gasteiger partial charge is 0.262 e. The average Bonchev–Trinajstić information content (AvgIpc) is 2.62. The highest BCUT2D eigenvalue weighted by Crippen LogP contribution is 2.20. The molecule has 0 radical (unpaired) electrons. The molecule has 1 atom stereocenters. The Bertz CT molecular complexity index is 930. The normalized spacial score (nSPS) is 16.7. The summed E-state index contributed by atoms with van der Waals surface area (Å²) >= 11 is 0. The summed E-state index contributed by atoms with van der Waals surface area (Å²) in [6.07, 6.45) is 1.96. The molecule has 9 heteroatoms. The molecule has 152 valence electrons. The predicted molar refractivity (Wildman–Crippen MR) is 109 cm³/mol. The van der Waals surface area contributed by atoms with Crippen molar-refractivity contribution in [3.63, 3.8) is 0 Å². The van der Waals surface area contributed by atoms with Crippen molar-refractivity contribution >= 4 is 34.0 Å². The van der Waals surface area contributed by atoms with Crippen molar-refractivity contribution in [3.05, 3.63) is 59.4 Å². The number of rotatable bonds is 5. The van der Waals surface area contributed by atoms with Crippen molar-refractivity contribution in [2.24, 2.45) is 0 Å². The van der Waals surface area contributed by atoms with Gasteiger partial charge in [-0.3, -0.25) is 9.52 Å². The van der Waals surface area contributed by atoms with Gasteiger partial charge in [0.2, 0.25) is 0 Å². The number of piperidine rings is 1. The number of hydrogen-bond acceptors (Lipinski definition) is 4. The lowest BCUT2D eigenvalue weighted by Crippen LogP contribution is -2.45. The molecule has 0 bridgehead atoms. The molecule has 1 fully saturated rings. The molecule has 1 aliphatic heterocycles. The van der Waals surface area contributed by atoms with Crippen molar-refractivity contribution in [1.82, 2.24) is 10.6 Å². The van der Waals surface area contributed by atoms with E-state index in [1.54, 1.807) is 12.1 Å². The van der Waals surface area contributed by atoms with Gasteiger partial charge in [-0.25, -0.2) is 12.8 Å². The monoisotopic (exact) mass is 427 g/mol. The number of benzene rings is 2.